The number of carbonyl (C=O) groups is 6. The van der Waals surface area contributed by atoms with Gasteiger partial charge in [-0.3, -0.25) is 28.8 Å². The molecule has 9 aromatic rings. The third-order valence-corrected chi connectivity index (χ3v) is 23.4. The van der Waals surface area contributed by atoms with Gasteiger partial charge in [0.2, 0.25) is 17.7 Å². The minimum atomic E-state index is -0.742. The van der Waals surface area contributed by atoms with Crippen molar-refractivity contribution < 1.29 is 28.8 Å². The molecule has 12 rings (SSSR count). The number of nitrogens with one attached hydrogen (secondary N) is 2. The van der Waals surface area contributed by atoms with Crippen molar-refractivity contribution in [2.75, 3.05) is 39.3 Å². The number of piperidine rings is 3. The van der Waals surface area contributed by atoms with Gasteiger partial charge < -0.3 is 31.1 Å². The molecule has 3 aliphatic heterocycles. The predicted molar refractivity (Wildman–Crippen MR) is 487 cm³/mol. The third-order valence-electron chi connectivity index (χ3n) is 19.9. The molecule has 0 unspecified atom stereocenters. The maximum absolute atomic E-state index is 14.0. The molecule has 0 aliphatic carbocycles. The van der Waals surface area contributed by atoms with Crippen LogP contribution in [0.2, 0.25) is 45.2 Å². The van der Waals surface area contributed by atoms with E-state index in [-0.39, 0.29) is 86.4 Å². The second kappa shape index (κ2) is 42.3. The normalized spacial score (nSPS) is 16.8. The van der Waals surface area contributed by atoms with Crippen LogP contribution in [-0.2, 0) is 48.0 Å². The molecule has 3 fully saturated rings. The molecule has 0 bridgehead atoms. The van der Waals surface area contributed by atoms with E-state index in [1.807, 2.05) is 188 Å². The summed E-state index contributed by atoms with van der Waals surface area (Å²) >= 11 is 55.6. The summed E-state index contributed by atoms with van der Waals surface area (Å²) < 4.78 is 0. The minimum Gasteiger partial charge on any atom is -0.332 e. The van der Waals surface area contributed by atoms with E-state index in [1.165, 1.54) is 5.56 Å². The SMILES string of the molecule is Cc1cc(/C=C2\CN(C(=O)[C@@H](Cc3ccccc3)NC(C)C)C/C(=C\c3ccc(Cl)c(Cl)c3)C2=O)ccc1Cl.Cc1cc(/C=C2\CN(C(=O)[C@H](Cc3ccccc3)NC(C)C)C/C(=C\c3ccc(Cl)c(Cl)c3)C2=O)ccc1Cl.Cc1cc(/C=C2\CN(C(=O)[C@H](N)Cc3ccc(C(C)C)cc3)C/C(=C\c3ccc(Cl)c(Cl)c3)C2=O)ccc1Cl. The van der Waals surface area contributed by atoms with Crippen LogP contribution in [0.25, 0.3) is 36.5 Å². The molecule has 0 spiro atoms. The van der Waals surface area contributed by atoms with Crippen LogP contribution in [0.5, 0.6) is 0 Å². The molecule has 117 heavy (non-hydrogen) atoms. The van der Waals surface area contributed by atoms with Crippen molar-refractivity contribution in [2.24, 2.45) is 5.73 Å². The molecule has 0 saturated carbocycles. The first-order chi connectivity index (χ1) is 55.7. The highest BCUT2D eigenvalue weighted by Gasteiger charge is 2.36. The highest BCUT2D eigenvalue weighted by molar-refractivity contribution is 6.43. The lowest BCUT2D eigenvalue weighted by Gasteiger charge is -2.33. The van der Waals surface area contributed by atoms with Gasteiger partial charge in [-0.25, -0.2) is 0 Å². The van der Waals surface area contributed by atoms with Gasteiger partial charge in [-0.2, -0.15) is 0 Å². The number of carbonyl (C=O) groups excluding carboxylic acids is 6. The van der Waals surface area contributed by atoms with Gasteiger partial charge in [0.1, 0.15) is 0 Å². The van der Waals surface area contributed by atoms with Gasteiger partial charge in [0, 0.05) is 99.9 Å². The van der Waals surface area contributed by atoms with Gasteiger partial charge in [0.05, 0.1) is 48.3 Å². The van der Waals surface area contributed by atoms with Crippen molar-refractivity contribution >= 4 is 176 Å². The average molecular weight is 1750 g/mol. The van der Waals surface area contributed by atoms with Crippen LogP contribution < -0.4 is 16.4 Å². The maximum atomic E-state index is 14.0. The van der Waals surface area contributed by atoms with Gasteiger partial charge in [-0.1, -0.05) is 285 Å². The van der Waals surface area contributed by atoms with Gasteiger partial charge in [0.25, 0.3) is 0 Å². The number of Topliss-reactive ketones (excluding diaryl/α,β-unsaturated/α-hetero) is 3. The largest absolute Gasteiger partial charge is 0.332 e. The number of nitrogens with zero attached hydrogens (tertiary/aromatic N) is 3. The molecular formula is C96H93Cl9N6O6. The summed E-state index contributed by atoms with van der Waals surface area (Å²) in [6.07, 6.45) is 12.3. The van der Waals surface area contributed by atoms with Crippen LogP contribution in [0.15, 0.2) is 228 Å². The van der Waals surface area contributed by atoms with Crippen molar-refractivity contribution in [2.45, 2.75) is 118 Å². The molecule has 3 atom stereocenters. The van der Waals surface area contributed by atoms with Crippen LogP contribution in [0.4, 0.5) is 0 Å². The highest BCUT2D eigenvalue weighted by Crippen LogP contribution is 2.33. The molecule has 606 valence electrons. The lowest BCUT2D eigenvalue weighted by atomic mass is 9.93. The van der Waals surface area contributed by atoms with Crippen LogP contribution in [-0.4, -0.2) is 119 Å². The number of aryl methyl sites for hydroxylation is 3. The number of likely N-dealkylation sites (tertiary alicyclic amines) is 3. The van der Waals surface area contributed by atoms with E-state index in [0.717, 1.165) is 66.8 Å². The Balaban J connectivity index is 0.000000185. The fourth-order valence-corrected chi connectivity index (χ4v) is 15.1. The summed E-state index contributed by atoms with van der Waals surface area (Å²) in [4.78, 5) is 87.6. The number of hydrogen-bond donors (Lipinski definition) is 3. The molecule has 3 aliphatic rings. The Kier molecular flexibility index (Phi) is 32.8. The standard InChI is InChI=1S/3C32H31Cl3N2O2/c1-19(2)24-8-4-21(5-9-24)16-30(36)32(39)37-17-25(13-22-6-10-27(33)20(3)12-22)31(38)26(18-37)14-23-7-11-28(34)29(35)15-23;2*1-20(2)36-30(17-22-7-5-4-6-8-22)32(39)37-18-25(14-23-9-11-27(33)21(3)13-23)31(38)26(19-37)15-24-10-12-28(34)29(35)16-24/h4-15,19,30H,16-18,36H2,1-3H3;2*4-16,20,30,36H,17-19H2,1-3H3/b25-13+,26-14+;2*25-14+,26-15+/t3*30-/m110/s1. The van der Waals surface area contributed by atoms with E-state index in [4.69, 9.17) is 110 Å². The lowest BCUT2D eigenvalue weighted by Crippen LogP contribution is -2.52. The Bertz CT molecular complexity index is 4930. The third kappa shape index (κ3) is 25.7. The van der Waals surface area contributed by atoms with E-state index in [0.29, 0.717) is 104 Å². The first kappa shape index (κ1) is 90.7. The van der Waals surface area contributed by atoms with E-state index in [1.54, 1.807) is 93.6 Å². The van der Waals surface area contributed by atoms with E-state index < -0.39 is 18.1 Å². The number of hydrogen-bond acceptors (Lipinski definition) is 9. The van der Waals surface area contributed by atoms with Crippen LogP contribution in [0.3, 0.4) is 0 Å². The predicted octanol–water partition coefficient (Wildman–Crippen LogP) is 22.4. The molecule has 3 heterocycles. The summed E-state index contributed by atoms with van der Waals surface area (Å²) in [5, 5.41) is 11.3. The van der Waals surface area contributed by atoms with Crippen molar-refractivity contribution in [3.8, 4) is 0 Å². The summed E-state index contributed by atoms with van der Waals surface area (Å²) in [7, 11) is 0. The summed E-state index contributed by atoms with van der Waals surface area (Å²) in [6, 6.07) is 59.1. The van der Waals surface area contributed by atoms with E-state index >= 15 is 0 Å². The Morgan fingerprint density at radius 3 is 0.846 bits per heavy atom. The average Bonchev–Trinajstić information content (AvgIpc) is 0.799. The van der Waals surface area contributed by atoms with Gasteiger partial charge in [0.15, 0.2) is 17.3 Å². The fourth-order valence-electron chi connectivity index (χ4n) is 13.9. The van der Waals surface area contributed by atoms with Crippen molar-refractivity contribution in [3.63, 3.8) is 0 Å². The molecular weight excluding hydrogens is 1650 g/mol. The monoisotopic (exact) mass is 1740 g/mol. The Morgan fingerprint density at radius 2 is 0.590 bits per heavy atom. The fraction of sp³-hybridized carbons (Fsp3) is 0.250. The molecule has 21 heteroatoms. The Morgan fingerprint density at radius 1 is 0.333 bits per heavy atom. The maximum Gasteiger partial charge on any atom is 0.240 e. The van der Waals surface area contributed by atoms with Crippen molar-refractivity contribution in [1.82, 2.24) is 25.3 Å². The second-order valence-electron chi connectivity index (χ2n) is 30.5. The summed E-state index contributed by atoms with van der Waals surface area (Å²) in [5.41, 5.74) is 21.3. The van der Waals surface area contributed by atoms with Crippen molar-refractivity contribution in [1.29, 1.82) is 0 Å². The Labute approximate surface area is 731 Å². The topological polar surface area (TPSA) is 162 Å². The second-order valence-corrected chi connectivity index (χ2v) is 34.1. The molecule has 12 nitrogen and oxygen atoms in total. The number of rotatable bonds is 20. The Hall–Kier alpha value is -8.67. The van der Waals surface area contributed by atoms with Gasteiger partial charge in [-0.15, -0.1) is 0 Å². The molecule has 3 amide bonds. The zero-order valence-electron chi connectivity index (χ0n) is 66.5. The number of ketones is 3. The van der Waals surface area contributed by atoms with E-state index in [9.17, 15) is 28.8 Å². The van der Waals surface area contributed by atoms with Crippen LogP contribution >= 0.6 is 104 Å². The molecule has 0 aromatic heterocycles. The van der Waals surface area contributed by atoms with Gasteiger partial charge >= 0.3 is 0 Å². The molecule has 9 aromatic carbocycles. The zero-order chi connectivity index (χ0) is 84.5. The molecule has 4 N–H and O–H groups in total. The summed E-state index contributed by atoms with van der Waals surface area (Å²) in [6.45, 7) is 19.2. The highest BCUT2D eigenvalue weighted by atomic mass is 35.5. The number of amides is 3. The minimum absolute atomic E-state index is 0.0571. The summed E-state index contributed by atoms with van der Waals surface area (Å²) in [5.74, 6) is -0.236. The van der Waals surface area contributed by atoms with Crippen LogP contribution in [0, 0.1) is 20.8 Å². The number of halogens is 9. The smallest absolute Gasteiger partial charge is 0.240 e. The first-order valence-electron chi connectivity index (χ1n) is 38.5. The number of nitrogens with two attached hydrogens (primary N) is 1. The van der Waals surface area contributed by atoms with Crippen molar-refractivity contribution in [3.05, 3.63) is 345 Å². The number of benzene rings is 9. The van der Waals surface area contributed by atoms with Gasteiger partial charge in [-0.05, 0) is 209 Å². The quantitative estimate of drug-likeness (QED) is 0.0631. The van der Waals surface area contributed by atoms with E-state index in [2.05, 4.69) is 36.6 Å². The lowest BCUT2D eigenvalue weighted by molar-refractivity contribution is -0.134. The zero-order valence-corrected chi connectivity index (χ0v) is 73.3. The molecule has 3 saturated heterocycles. The first-order valence-corrected chi connectivity index (χ1v) is 41.9. The molecule has 0 radical (unpaired) electrons. The van der Waals surface area contributed by atoms with Crippen LogP contribution in [0.1, 0.15) is 120 Å².